The highest BCUT2D eigenvalue weighted by Gasteiger charge is 2.27. The molecule has 0 bridgehead atoms. The number of nitrogens with one attached hydrogen (secondary N) is 1. The third-order valence-corrected chi connectivity index (χ3v) is 7.26. The lowest BCUT2D eigenvalue weighted by atomic mass is 10.0. The summed E-state index contributed by atoms with van der Waals surface area (Å²) in [6.07, 6.45) is 2.17. The predicted octanol–water partition coefficient (Wildman–Crippen LogP) is 4.10. The minimum atomic E-state index is 0.00691. The van der Waals surface area contributed by atoms with Crippen LogP contribution in [0, 0.1) is 0 Å². The second-order valence-corrected chi connectivity index (χ2v) is 9.91. The molecule has 2 aliphatic rings. The zero-order valence-corrected chi connectivity index (χ0v) is 20.9. The Bertz CT molecular complexity index is 1490. The normalized spacial score (nSPS) is 16.2. The highest BCUT2D eigenvalue weighted by molar-refractivity contribution is 6.07. The number of para-hydroxylation sites is 1. The quantitative estimate of drug-likeness (QED) is 0.437. The molecule has 1 aliphatic heterocycles. The second-order valence-electron chi connectivity index (χ2n) is 9.91. The van der Waals surface area contributed by atoms with Gasteiger partial charge in [-0.2, -0.15) is 0 Å². The van der Waals surface area contributed by atoms with E-state index in [2.05, 4.69) is 22.3 Å². The molecule has 3 aromatic carbocycles. The third kappa shape index (κ3) is 5.00. The Balaban J connectivity index is 1.25. The molecule has 1 aliphatic carbocycles. The van der Waals surface area contributed by atoms with Crippen LogP contribution >= 0.6 is 0 Å². The molecule has 1 saturated carbocycles. The Morgan fingerprint density at radius 3 is 2.49 bits per heavy atom. The van der Waals surface area contributed by atoms with E-state index >= 15 is 0 Å². The molecule has 1 saturated heterocycles. The van der Waals surface area contributed by atoms with Crippen LogP contribution in [0.15, 0.2) is 66.7 Å². The number of ether oxygens (including phenoxy) is 1. The Morgan fingerprint density at radius 2 is 1.70 bits per heavy atom. The predicted molar refractivity (Wildman–Crippen MR) is 145 cm³/mol. The molecule has 188 valence electrons. The lowest BCUT2D eigenvalue weighted by Crippen LogP contribution is -2.51. The maximum atomic E-state index is 13.7. The number of piperazine rings is 1. The van der Waals surface area contributed by atoms with Crippen LogP contribution in [0.25, 0.3) is 32.9 Å². The fraction of sp³-hybridized carbons (Fsp3) is 0.300. The largest absolute Gasteiger partial charge is 0.497 e. The van der Waals surface area contributed by atoms with Gasteiger partial charge in [0.2, 0.25) is 5.91 Å². The average molecular weight is 495 g/mol. The van der Waals surface area contributed by atoms with Crippen LogP contribution in [0.2, 0.25) is 0 Å². The average Bonchev–Trinajstić information content (AvgIpc) is 3.75. The topological polar surface area (TPSA) is 74.8 Å². The molecular weight excluding hydrogens is 464 g/mol. The number of carbonyl (C=O) groups excluding carboxylic acids is 2. The summed E-state index contributed by atoms with van der Waals surface area (Å²) >= 11 is 0. The van der Waals surface area contributed by atoms with E-state index in [-0.39, 0.29) is 11.8 Å². The van der Waals surface area contributed by atoms with Crippen LogP contribution in [0.4, 0.5) is 0 Å². The fourth-order valence-corrected chi connectivity index (χ4v) is 4.99. The third-order valence-electron chi connectivity index (χ3n) is 7.26. The van der Waals surface area contributed by atoms with E-state index in [1.54, 1.807) is 7.11 Å². The first kappa shape index (κ1) is 23.4. The van der Waals surface area contributed by atoms with Gasteiger partial charge in [0, 0.05) is 43.2 Å². The van der Waals surface area contributed by atoms with Gasteiger partial charge in [-0.1, -0.05) is 36.4 Å². The van der Waals surface area contributed by atoms with Crippen molar-refractivity contribution < 1.29 is 14.3 Å². The van der Waals surface area contributed by atoms with Crippen molar-refractivity contribution in [1.29, 1.82) is 0 Å². The summed E-state index contributed by atoms with van der Waals surface area (Å²) in [5.74, 6) is 0.911. The van der Waals surface area contributed by atoms with Crippen molar-refractivity contribution in [2.24, 2.45) is 0 Å². The number of benzene rings is 3. The molecule has 37 heavy (non-hydrogen) atoms. The van der Waals surface area contributed by atoms with E-state index in [0.29, 0.717) is 44.3 Å². The number of methoxy groups -OCH3 is 1. The molecule has 0 spiro atoms. The Labute approximate surface area is 216 Å². The molecule has 2 amide bonds. The summed E-state index contributed by atoms with van der Waals surface area (Å²) in [6.45, 7) is 2.97. The van der Waals surface area contributed by atoms with E-state index in [9.17, 15) is 9.59 Å². The molecule has 7 heteroatoms. The number of hydrogen-bond donors (Lipinski definition) is 1. The van der Waals surface area contributed by atoms with Gasteiger partial charge in [-0.15, -0.1) is 0 Å². The molecule has 7 nitrogen and oxygen atoms in total. The van der Waals surface area contributed by atoms with Gasteiger partial charge in [0.05, 0.1) is 30.4 Å². The van der Waals surface area contributed by atoms with E-state index in [0.717, 1.165) is 51.5 Å². The number of fused-ring (bicyclic) bond motifs is 2. The monoisotopic (exact) mass is 494 g/mol. The first-order valence-corrected chi connectivity index (χ1v) is 12.9. The summed E-state index contributed by atoms with van der Waals surface area (Å²) < 4.78 is 5.35. The summed E-state index contributed by atoms with van der Waals surface area (Å²) in [6, 6.07) is 22.3. The van der Waals surface area contributed by atoms with Crippen molar-refractivity contribution >= 4 is 33.5 Å². The van der Waals surface area contributed by atoms with Crippen LogP contribution in [-0.2, 0) is 4.79 Å². The zero-order chi connectivity index (χ0) is 25.4. The van der Waals surface area contributed by atoms with Crippen LogP contribution in [0.5, 0.6) is 5.75 Å². The first-order valence-electron chi connectivity index (χ1n) is 12.9. The van der Waals surface area contributed by atoms with E-state index in [1.165, 1.54) is 0 Å². The van der Waals surface area contributed by atoms with Crippen molar-refractivity contribution in [3.8, 4) is 17.0 Å². The number of nitrogens with zero attached hydrogens (tertiary/aromatic N) is 3. The van der Waals surface area contributed by atoms with E-state index in [1.807, 2.05) is 59.5 Å². The second kappa shape index (κ2) is 9.82. The molecule has 0 atom stereocenters. The summed E-state index contributed by atoms with van der Waals surface area (Å²) in [7, 11) is 1.67. The standard InChI is InChI=1S/C30H30N4O3/c1-37-24-11-8-20-16-22(7-6-21(20)17-24)28-18-26(25-4-2-3-5-27(25)32-28)30(36)34-14-12-33(13-15-34)19-29(35)31-23-9-10-23/h2-8,11,16-18,23H,9-10,12-15,19H2,1H3,(H,31,35). The van der Waals surface area contributed by atoms with Crippen molar-refractivity contribution in [3.63, 3.8) is 0 Å². The maximum absolute atomic E-state index is 13.7. The SMILES string of the molecule is COc1ccc2cc(-c3cc(C(=O)N4CCN(CC(=O)NC5CC5)CC4)c4ccccc4n3)ccc2c1. The van der Waals surface area contributed by atoms with Crippen molar-refractivity contribution in [3.05, 3.63) is 72.3 Å². The van der Waals surface area contributed by atoms with E-state index < -0.39 is 0 Å². The Morgan fingerprint density at radius 1 is 0.946 bits per heavy atom. The number of hydrogen-bond acceptors (Lipinski definition) is 5. The molecule has 2 heterocycles. The summed E-state index contributed by atoms with van der Waals surface area (Å²) in [5.41, 5.74) is 3.20. The molecule has 1 N–H and O–H groups in total. The number of pyridine rings is 1. The Kier molecular flexibility index (Phi) is 6.22. The molecule has 2 fully saturated rings. The van der Waals surface area contributed by atoms with Gasteiger partial charge in [0.15, 0.2) is 0 Å². The molecule has 6 rings (SSSR count). The molecule has 0 radical (unpaired) electrons. The van der Waals surface area contributed by atoms with Gasteiger partial charge in [0.1, 0.15) is 5.75 Å². The van der Waals surface area contributed by atoms with Gasteiger partial charge in [-0.05, 0) is 53.9 Å². The molecule has 1 aromatic heterocycles. The lowest BCUT2D eigenvalue weighted by Gasteiger charge is -2.34. The Hall–Kier alpha value is -3.97. The van der Waals surface area contributed by atoms with Crippen LogP contribution in [-0.4, -0.2) is 72.5 Å². The van der Waals surface area contributed by atoms with Crippen molar-refractivity contribution in [2.45, 2.75) is 18.9 Å². The highest BCUT2D eigenvalue weighted by Crippen LogP contribution is 2.30. The van der Waals surface area contributed by atoms with Gasteiger partial charge >= 0.3 is 0 Å². The highest BCUT2D eigenvalue weighted by atomic mass is 16.5. The summed E-state index contributed by atoms with van der Waals surface area (Å²) in [4.78, 5) is 34.9. The minimum absolute atomic E-state index is 0.00691. The number of rotatable bonds is 6. The van der Waals surface area contributed by atoms with Gasteiger partial charge < -0.3 is 15.0 Å². The number of aromatic nitrogens is 1. The fourth-order valence-electron chi connectivity index (χ4n) is 4.99. The maximum Gasteiger partial charge on any atom is 0.254 e. The number of amides is 2. The van der Waals surface area contributed by atoms with Crippen LogP contribution in [0.1, 0.15) is 23.2 Å². The number of carbonyl (C=O) groups is 2. The summed E-state index contributed by atoms with van der Waals surface area (Å²) in [5, 5.41) is 6.07. The minimum Gasteiger partial charge on any atom is -0.497 e. The van der Waals surface area contributed by atoms with Gasteiger partial charge in [-0.3, -0.25) is 14.5 Å². The van der Waals surface area contributed by atoms with E-state index in [4.69, 9.17) is 9.72 Å². The van der Waals surface area contributed by atoms with Crippen LogP contribution < -0.4 is 10.1 Å². The van der Waals surface area contributed by atoms with Crippen LogP contribution in [0.3, 0.4) is 0 Å². The first-order chi connectivity index (χ1) is 18.1. The van der Waals surface area contributed by atoms with Gasteiger partial charge in [-0.25, -0.2) is 4.98 Å². The van der Waals surface area contributed by atoms with Gasteiger partial charge in [0.25, 0.3) is 5.91 Å². The lowest BCUT2D eigenvalue weighted by molar-refractivity contribution is -0.122. The van der Waals surface area contributed by atoms with Crippen molar-refractivity contribution in [2.75, 3.05) is 39.8 Å². The molecule has 0 unspecified atom stereocenters. The smallest absolute Gasteiger partial charge is 0.254 e. The zero-order valence-electron chi connectivity index (χ0n) is 20.9. The molecular formula is C30H30N4O3. The van der Waals surface area contributed by atoms with Crippen molar-refractivity contribution in [1.82, 2.24) is 20.1 Å². The molecule has 4 aromatic rings.